The second kappa shape index (κ2) is 6.68. The van der Waals surface area contributed by atoms with Crippen molar-refractivity contribution in [2.45, 2.75) is 52.0 Å². The standard InChI is InChI=1S/C13H25N5O/c1-5-9(6-7-19)15-10-8-11(18-14)17-12(16-10)13(2,3)4/h8-9,19H,5-7,14H2,1-4H3,(H2,15,16,17,18). The van der Waals surface area contributed by atoms with E-state index in [1.54, 1.807) is 6.07 Å². The molecule has 0 amide bonds. The number of nitrogens with zero attached hydrogens (tertiary/aromatic N) is 2. The Labute approximate surface area is 114 Å². The fourth-order valence-corrected chi connectivity index (χ4v) is 1.67. The second-order valence-corrected chi connectivity index (χ2v) is 5.62. The number of hydrazine groups is 1. The van der Waals surface area contributed by atoms with Gasteiger partial charge in [0.25, 0.3) is 0 Å². The fraction of sp³-hybridized carbons (Fsp3) is 0.692. The summed E-state index contributed by atoms with van der Waals surface area (Å²) in [5.41, 5.74) is 2.41. The maximum Gasteiger partial charge on any atom is 0.145 e. The number of nitrogens with two attached hydrogens (primary N) is 1. The molecular formula is C13H25N5O. The van der Waals surface area contributed by atoms with E-state index in [-0.39, 0.29) is 18.1 Å². The Bertz CT molecular complexity index is 403. The lowest BCUT2D eigenvalue weighted by molar-refractivity contribution is 0.278. The predicted molar refractivity (Wildman–Crippen MR) is 77.9 cm³/mol. The molecule has 0 aliphatic carbocycles. The van der Waals surface area contributed by atoms with Crippen LogP contribution in [0.1, 0.15) is 46.4 Å². The van der Waals surface area contributed by atoms with E-state index in [0.717, 1.165) is 18.1 Å². The predicted octanol–water partition coefficient (Wildman–Crippen LogP) is 1.63. The van der Waals surface area contributed by atoms with E-state index in [0.29, 0.717) is 12.2 Å². The van der Waals surface area contributed by atoms with Gasteiger partial charge >= 0.3 is 0 Å². The van der Waals surface area contributed by atoms with Gasteiger partial charge in [0.2, 0.25) is 0 Å². The van der Waals surface area contributed by atoms with Crippen LogP contribution in [0.25, 0.3) is 0 Å². The monoisotopic (exact) mass is 267 g/mol. The molecule has 0 aromatic carbocycles. The van der Waals surface area contributed by atoms with Gasteiger partial charge in [0.15, 0.2) is 0 Å². The molecular weight excluding hydrogens is 242 g/mol. The highest BCUT2D eigenvalue weighted by Gasteiger charge is 2.19. The summed E-state index contributed by atoms with van der Waals surface area (Å²) >= 11 is 0. The molecule has 6 heteroatoms. The molecule has 0 radical (unpaired) electrons. The van der Waals surface area contributed by atoms with Crippen LogP contribution >= 0.6 is 0 Å². The summed E-state index contributed by atoms with van der Waals surface area (Å²) in [6.07, 6.45) is 1.61. The molecule has 0 aliphatic rings. The van der Waals surface area contributed by atoms with Gasteiger partial charge in [0.1, 0.15) is 17.5 Å². The average Bonchev–Trinajstić information content (AvgIpc) is 2.36. The van der Waals surface area contributed by atoms with E-state index in [1.807, 2.05) is 0 Å². The molecule has 0 saturated carbocycles. The fourth-order valence-electron chi connectivity index (χ4n) is 1.67. The van der Waals surface area contributed by atoms with Crippen LogP contribution in [0.5, 0.6) is 0 Å². The number of hydrogen-bond donors (Lipinski definition) is 4. The van der Waals surface area contributed by atoms with Crippen LogP contribution < -0.4 is 16.6 Å². The van der Waals surface area contributed by atoms with Crippen LogP contribution in [0, 0.1) is 0 Å². The first-order valence-electron chi connectivity index (χ1n) is 6.64. The van der Waals surface area contributed by atoms with Crippen molar-refractivity contribution in [3.8, 4) is 0 Å². The summed E-state index contributed by atoms with van der Waals surface area (Å²) in [4.78, 5) is 8.89. The first kappa shape index (κ1) is 15.7. The molecule has 6 nitrogen and oxygen atoms in total. The molecule has 1 heterocycles. The van der Waals surface area contributed by atoms with Crippen molar-refractivity contribution in [2.24, 2.45) is 5.84 Å². The second-order valence-electron chi connectivity index (χ2n) is 5.62. The number of hydrogen-bond acceptors (Lipinski definition) is 6. The van der Waals surface area contributed by atoms with E-state index in [9.17, 15) is 0 Å². The summed E-state index contributed by atoms with van der Waals surface area (Å²) in [5, 5.41) is 12.3. The molecule has 1 aromatic rings. The molecule has 1 atom stereocenters. The third-order valence-electron chi connectivity index (χ3n) is 2.87. The van der Waals surface area contributed by atoms with Gasteiger partial charge in [0, 0.05) is 24.1 Å². The van der Waals surface area contributed by atoms with Gasteiger partial charge in [-0.05, 0) is 12.8 Å². The number of nitrogen functional groups attached to an aromatic ring is 1. The summed E-state index contributed by atoms with van der Waals surface area (Å²) in [7, 11) is 0. The van der Waals surface area contributed by atoms with Gasteiger partial charge < -0.3 is 15.8 Å². The number of aliphatic hydroxyl groups is 1. The minimum atomic E-state index is -0.151. The van der Waals surface area contributed by atoms with Crippen molar-refractivity contribution >= 4 is 11.6 Å². The van der Waals surface area contributed by atoms with Crippen molar-refractivity contribution in [1.29, 1.82) is 0 Å². The Hall–Kier alpha value is -1.40. The van der Waals surface area contributed by atoms with Crippen LogP contribution in [0.2, 0.25) is 0 Å². The Morgan fingerprint density at radius 1 is 1.32 bits per heavy atom. The van der Waals surface area contributed by atoms with Crippen molar-refractivity contribution in [1.82, 2.24) is 9.97 Å². The van der Waals surface area contributed by atoms with Gasteiger partial charge in [-0.25, -0.2) is 15.8 Å². The minimum absolute atomic E-state index is 0.151. The van der Waals surface area contributed by atoms with Gasteiger partial charge in [-0.2, -0.15) is 0 Å². The molecule has 0 saturated heterocycles. The third-order valence-corrected chi connectivity index (χ3v) is 2.87. The van der Waals surface area contributed by atoms with Crippen LogP contribution in [0.3, 0.4) is 0 Å². The maximum atomic E-state index is 9.03. The molecule has 5 N–H and O–H groups in total. The highest BCUT2D eigenvalue weighted by molar-refractivity contribution is 5.48. The SMILES string of the molecule is CCC(CCO)Nc1cc(NN)nc(C(C)(C)C)n1. The molecule has 1 unspecified atom stereocenters. The van der Waals surface area contributed by atoms with Crippen LogP contribution in [0.15, 0.2) is 6.07 Å². The number of aromatic nitrogens is 2. The summed E-state index contributed by atoms with van der Waals surface area (Å²) < 4.78 is 0. The minimum Gasteiger partial charge on any atom is -0.396 e. The maximum absolute atomic E-state index is 9.03. The Morgan fingerprint density at radius 3 is 2.42 bits per heavy atom. The molecule has 0 spiro atoms. The number of anilines is 2. The third kappa shape index (κ3) is 4.65. The molecule has 1 rings (SSSR count). The first-order valence-corrected chi connectivity index (χ1v) is 6.64. The molecule has 1 aromatic heterocycles. The lowest BCUT2D eigenvalue weighted by atomic mass is 9.96. The molecule has 0 aliphatic heterocycles. The smallest absolute Gasteiger partial charge is 0.145 e. The first-order chi connectivity index (χ1) is 8.90. The topological polar surface area (TPSA) is 96.1 Å². The van der Waals surface area contributed by atoms with Gasteiger partial charge in [-0.1, -0.05) is 27.7 Å². The molecule has 108 valence electrons. The summed E-state index contributed by atoms with van der Waals surface area (Å²) in [5.74, 6) is 7.49. The lowest BCUT2D eigenvalue weighted by Gasteiger charge is -2.21. The number of rotatable bonds is 6. The van der Waals surface area contributed by atoms with E-state index >= 15 is 0 Å². The average molecular weight is 267 g/mol. The zero-order valence-electron chi connectivity index (χ0n) is 12.2. The van der Waals surface area contributed by atoms with Gasteiger partial charge in [0.05, 0.1) is 0 Å². The Balaban J connectivity index is 3.00. The largest absolute Gasteiger partial charge is 0.396 e. The molecule has 19 heavy (non-hydrogen) atoms. The highest BCUT2D eigenvalue weighted by Crippen LogP contribution is 2.22. The van der Waals surface area contributed by atoms with Crippen molar-refractivity contribution in [3.05, 3.63) is 11.9 Å². The van der Waals surface area contributed by atoms with Crippen LogP contribution in [-0.2, 0) is 5.41 Å². The normalized spacial score (nSPS) is 13.2. The Morgan fingerprint density at radius 2 is 1.95 bits per heavy atom. The summed E-state index contributed by atoms with van der Waals surface area (Å²) in [6.45, 7) is 8.39. The van der Waals surface area contributed by atoms with E-state index in [1.165, 1.54) is 0 Å². The van der Waals surface area contributed by atoms with E-state index in [2.05, 4.69) is 48.4 Å². The quantitative estimate of drug-likeness (QED) is 0.462. The van der Waals surface area contributed by atoms with Crippen LogP contribution in [0.4, 0.5) is 11.6 Å². The van der Waals surface area contributed by atoms with Crippen molar-refractivity contribution in [3.63, 3.8) is 0 Å². The van der Waals surface area contributed by atoms with E-state index in [4.69, 9.17) is 10.9 Å². The zero-order valence-corrected chi connectivity index (χ0v) is 12.2. The zero-order chi connectivity index (χ0) is 14.5. The van der Waals surface area contributed by atoms with Crippen molar-refractivity contribution in [2.75, 3.05) is 17.3 Å². The Kier molecular flexibility index (Phi) is 5.50. The summed E-state index contributed by atoms with van der Waals surface area (Å²) in [6, 6.07) is 1.97. The lowest BCUT2D eigenvalue weighted by Crippen LogP contribution is -2.24. The van der Waals surface area contributed by atoms with E-state index < -0.39 is 0 Å². The highest BCUT2D eigenvalue weighted by atomic mass is 16.3. The van der Waals surface area contributed by atoms with Gasteiger partial charge in [-0.3, -0.25) is 0 Å². The molecule has 0 bridgehead atoms. The number of nitrogens with one attached hydrogen (secondary N) is 2. The number of aliphatic hydroxyl groups excluding tert-OH is 1. The van der Waals surface area contributed by atoms with Gasteiger partial charge in [-0.15, -0.1) is 0 Å². The van der Waals surface area contributed by atoms with Crippen molar-refractivity contribution < 1.29 is 5.11 Å². The molecule has 0 fully saturated rings. The van der Waals surface area contributed by atoms with Crippen LogP contribution in [-0.4, -0.2) is 27.7 Å².